The van der Waals surface area contributed by atoms with E-state index >= 15 is 0 Å². The molecule has 0 aliphatic carbocycles. The maximum Gasteiger partial charge on any atom is 0.329 e. The number of nitrogens with zero attached hydrogens (tertiary/aromatic N) is 5. The molecule has 0 spiro atoms. The van der Waals surface area contributed by atoms with Crippen molar-refractivity contribution in [2.24, 2.45) is 18.9 Å². The fourth-order valence-corrected chi connectivity index (χ4v) is 11.3. The van der Waals surface area contributed by atoms with Crippen molar-refractivity contribution in [3.05, 3.63) is 117 Å². The van der Waals surface area contributed by atoms with E-state index in [1.807, 2.05) is 23.1 Å². The van der Waals surface area contributed by atoms with E-state index in [2.05, 4.69) is 81.7 Å². The lowest BCUT2D eigenvalue weighted by atomic mass is 9.89. The topological polar surface area (TPSA) is 129 Å². The standard InChI is InChI=1S/C56H66FN7O5/c1-38(62-31-26-43(27-32-62)54(67)58-37-40-9-8-10-45(57)35-40)46-18-16-42(47-11-5-6-12-48(46)47)15-14-39-22-29-61(30-23-39)28-7-3-4-13-53(66)63-33-24-41(25-34-63)44-17-19-49-51(36-44)60(2)56(69)64(49)50-20-21-52(65)59-55(50)68/h5-6,8-12,16-19,35-36,38-39,41,43,50H,3-4,7,13,20-34,37H2,1-2H3,(H,58,67)(H,59,65,68). The number of hydrogen-bond acceptors (Lipinski definition) is 7. The maximum absolute atomic E-state index is 13.6. The zero-order chi connectivity index (χ0) is 48.0. The summed E-state index contributed by atoms with van der Waals surface area (Å²) in [5.41, 5.74) is 5.47. The van der Waals surface area contributed by atoms with Gasteiger partial charge in [-0.2, -0.15) is 0 Å². The number of piperidine rings is 4. The van der Waals surface area contributed by atoms with Crippen LogP contribution in [0.2, 0.25) is 0 Å². The lowest BCUT2D eigenvalue weighted by Crippen LogP contribution is -2.44. The largest absolute Gasteiger partial charge is 0.352 e. The Balaban J connectivity index is 0.680. The number of rotatable bonds is 13. The summed E-state index contributed by atoms with van der Waals surface area (Å²) in [7, 11) is 1.72. The third-order valence-corrected chi connectivity index (χ3v) is 15.5. The van der Waals surface area contributed by atoms with Gasteiger partial charge in [0.1, 0.15) is 11.9 Å². The Bertz CT molecular complexity index is 2820. The highest BCUT2D eigenvalue weighted by Gasteiger charge is 2.33. The zero-order valence-corrected chi connectivity index (χ0v) is 40.2. The summed E-state index contributed by atoms with van der Waals surface area (Å²) in [6.07, 6.45) is 9.59. The first kappa shape index (κ1) is 47.9. The molecule has 2 atom stereocenters. The van der Waals surface area contributed by atoms with Gasteiger partial charge in [-0.05, 0) is 161 Å². The number of unbranched alkanes of at least 4 members (excludes halogenated alkanes) is 2. The number of amides is 4. The zero-order valence-electron chi connectivity index (χ0n) is 40.2. The van der Waals surface area contributed by atoms with Gasteiger partial charge < -0.3 is 15.1 Å². The van der Waals surface area contributed by atoms with Crippen LogP contribution in [0, 0.1) is 29.5 Å². The second kappa shape index (κ2) is 21.7. The molecule has 12 nitrogen and oxygen atoms in total. The lowest BCUT2D eigenvalue weighted by molar-refractivity contribution is -0.136. The molecular formula is C56H66FN7O5. The average molecular weight is 936 g/mol. The summed E-state index contributed by atoms with van der Waals surface area (Å²) < 4.78 is 16.7. The van der Waals surface area contributed by atoms with Crippen LogP contribution in [0.5, 0.6) is 0 Å². The molecule has 69 heavy (non-hydrogen) atoms. The minimum Gasteiger partial charge on any atom is -0.352 e. The van der Waals surface area contributed by atoms with E-state index in [0.29, 0.717) is 30.8 Å². The molecule has 1 aromatic heterocycles. The van der Waals surface area contributed by atoms with Crippen LogP contribution in [0.15, 0.2) is 83.7 Å². The minimum absolute atomic E-state index is 0.0385. The number of benzene rings is 4. The first-order valence-electron chi connectivity index (χ1n) is 25.3. The number of aryl methyl sites for hydroxylation is 1. The summed E-state index contributed by atoms with van der Waals surface area (Å²) in [6.45, 7) is 8.89. The Morgan fingerprint density at radius 1 is 0.797 bits per heavy atom. The van der Waals surface area contributed by atoms with E-state index in [1.54, 1.807) is 17.7 Å². The SMILES string of the molecule is CC(c1ccc(C#CC2CCN(CCCCCC(=O)N3CCC(c4ccc5c(c4)n(C)c(=O)n5C4CCC(=O)NC4=O)CC3)CC2)c2ccccc12)N1CCC(C(=O)NCc2cccc(F)c2)CC1. The van der Waals surface area contributed by atoms with Crippen molar-refractivity contribution < 1.29 is 23.6 Å². The number of halogens is 1. The number of fused-ring (bicyclic) bond motifs is 2. The Kier molecular flexibility index (Phi) is 15.1. The van der Waals surface area contributed by atoms with Crippen molar-refractivity contribution >= 4 is 45.4 Å². The van der Waals surface area contributed by atoms with E-state index in [4.69, 9.17) is 0 Å². The maximum atomic E-state index is 13.6. The van der Waals surface area contributed by atoms with E-state index in [0.717, 1.165) is 126 Å². The number of likely N-dealkylation sites (tertiary alicyclic amines) is 3. The van der Waals surface area contributed by atoms with Crippen LogP contribution in [0.1, 0.15) is 124 Å². The number of carbonyl (C=O) groups is 4. The molecule has 2 unspecified atom stereocenters. The van der Waals surface area contributed by atoms with Gasteiger partial charge in [0.25, 0.3) is 0 Å². The highest BCUT2D eigenvalue weighted by molar-refractivity contribution is 6.00. The first-order chi connectivity index (χ1) is 33.5. The van der Waals surface area contributed by atoms with Gasteiger partial charge in [0.2, 0.25) is 23.6 Å². The van der Waals surface area contributed by atoms with E-state index < -0.39 is 11.9 Å². The number of aromatic nitrogens is 2. The third-order valence-electron chi connectivity index (χ3n) is 15.5. The van der Waals surface area contributed by atoms with Gasteiger partial charge >= 0.3 is 5.69 Å². The van der Waals surface area contributed by atoms with Crippen LogP contribution in [-0.4, -0.2) is 93.3 Å². The molecule has 4 aliphatic heterocycles. The number of nitrogens with one attached hydrogen (secondary N) is 2. The van der Waals surface area contributed by atoms with Crippen LogP contribution in [0.3, 0.4) is 0 Å². The normalized spacial score (nSPS) is 19.6. The van der Waals surface area contributed by atoms with Gasteiger partial charge in [-0.25, -0.2) is 9.18 Å². The van der Waals surface area contributed by atoms with Crippen LogP contribution < -0.4 is 16.3 Å². The van der Waals surface area contributed by atoms with Gasteiger partial charge in [0, 0.05) is 63.0 Å². The lowest BCUT2D eigenvalue weighted by Gasteiger charge is -2.36. The quantitative estimate of drug-likeness (QED) is 0.0703. The van der Waals surface area contributed by atoms with Crippen LogP contribution in [-0.2, 0) is 32.8 Å². The Morgan fingerprint density at radius 2 is 1.57 bits per heavy atom. The van der Waals surface area contributed by atoms with Crippen molar-refractivity contribution in [2.75, 3.05) is 45.8 Å². The van der Waals surface area contributed by atoms with Gasteiger partial charge in [0.15, 0.2) is 0 Å². The molecule has 5 heterocycles. The molecule has 362 valence electrons. The monoisotopic (exact) mass is 936 g/mol. The van der Waals surface area contributed by atoms with Gasteiger partial charge in [-0.15, -0.1) is 0 Å². The predicted molar refractivity (Wildman–Crippen MR) is 267 cm³/mol. The van der Waals surface area contributed by atoms with Crippen LogP contribution in [0.25, 0.3) is 21.8 Å². The Hall–Kier alpha value is -6.10. The molecule has 4 saturated heterocycles. The summed E-state index contributed by atoms with van der Waals surface area (Å²) in [5, 5.41) is 7.80. The van der Waals surface area contributed by atoms with Gasteiger partial charge in [0.05, 0.1) is 11.0 Å². The number of carbonyl (C=O) groups excluding carboxylic acids is 4. The number of imide groups is 1. The Labute approximate surface area is 404 Å². The van der Waals surface area contributed by atoms with Crippen LogP contribution in [0.4, 0.5) is 4.39 Å². The molecule has 9 rings (SSSR count). The summed E-state index contributed by atoms with van der Waals surface area (Å²) >= 11 is 0. The highest BCUT2D eigenvalue weighted by Crippen LogP contribution is 2.34. The first-order valence-corrected chi connectivity index (χ1v) is 25.3. The molecule has 13 heteroatoms. The molecule has 4 aromatic carbocycles. The van der Waals surface area contributed by atoms with Crippen LogP contribution >= 0.6 is 0 Å². The second-order valence-corrected chi connectivity index (χ2v) is 19.9. The van der Waals surface area contributed by atoms with Crippen molar-refractivity contribution in [3.8, 4) is 11.8 Å². The molecule has 0 saturated carbocycles. The Morgan fingerprint density at radius 3 is 2.32 bits per heavy atom. The highest BCUT2D eigenvalue weighted by atomic mass is 19.1. The summed E-state index contributed by atoms with van der Waals surface area (Å²) in [4.78, 5) is 70.8. The molecule has 2 N–H and O–H groups in total. The fourth-order valence-electron chi connectivity index (χ4n) is 11.3. The van der Waals surface area contributed by atoms with E-state index in [1.165, 1.54) is 33.0 Å². The molecule has 4 fully saturated rings. The molecule has 0 bridgehead atoms. The molecule has 4 amide bonds. The smallest absolute Gasteiger partial charge is 0.329 e. The molecule has 5 aromatic rings. The summed E-state index contributed by atoms with van der Waals surface area (Å²) in [5.74, 6) is 7.10. The van der Waals surface area contributed by atoms with Gasteiger partial charge in [-0.1, -0.05) is 66.8 Å². The number of imidazole rings is 1. The second-order valence-electron chi connectivity index (χ2n) is 19.9. The van der Waals surface area contributed by atoms with Crippen molar-refractivity contribution in [1.29, 1.82) is 0 Å². The van der Waals surface area contributed by atoms with E-state index in [9.17, 15) is 28.4 Å². The van der Waals surface area contributed by atoms with Crippen molar-refractivity contribution in [1.82, 2.24) is 34.5 Å². The molecule has 4 aliphatic rings. The van der Waals surface area contributed by atoms with Crippen molar-refractivity contribution in [2.45, 2.75) is 109 Å². The van der Waals surface area contributed by atoms with Gasteiger partial charge in [-0.3, -0.25) is 38.5 Å². The van der Waals surface area contributed by atoms with E-state index in [-0.39, 0.29) is 53.5 Å². The summed E-state index contributed by atoms with van der Waals surface area (Å²) in [6, 6.07) is 24.9. The fraction of sp³-hybridized carbons (Fsp3) is 0.482. The minimum atomic E-state index is -0.702. The van der Waals surface area contributed by atoms with Crippen molar-refractivity contribution in [3.63, 3.8) is 0 Å². The average Bonchev–Trinajstić information content (AvgIpc) is 3.62. The molecular weight excluding hydrogens is 870 g/mol. The molecule has 0 radical (unpaired) electrons. The number of hydrogen-bond donors (Lipinski definition) is 2. The predicted octanol–water partition coefficient (Wildman–Crippen LogP) is 7.73. The third kappa shape index (κ3) is 11.0.